The van der Waals surface area contributed by atoms with Gasteiger partial charge in [0.25, 0.3) is 0 Å². The molecular formula is C22H24N4O2. The molecule has 1 aromatic heterocycles. The van der Waals surface area contributed by atoms with E-state index in [9.17, 15) is 4.79 Å². The second-order valence-electron chi connectivity index (χ2n) is 7.38. The Bertz CT molecular complexity index is 966. The third kappa shape index (κ3) is 3.91. The van der Waals surface area contributed by atoms with Crippen LogP contribution in [0.1, 0.15) is 31.7 Å². The quantitative estimate of drug-likeness (QED) is 0.722. The van der Waals surface area contributed by atoms with Crippen molar-refractivity contribution >= 4 is 28.5 Å². The van der Waals surface area contributed by atoms with Crippen LogP contribution in [0.4, 0.5) is 16.3 Å². The molecule has 1 amide bonds. The van der Waals surface area contributed by atoms with Gasteiger partial charge in [-0.1, -0.05) is 38.1 Å². The maximum absolute atomic E-state index is 12.3. The van der Waals surface area contributed by atoms with E-state index >= 15 is 0 Å². The van der Waals surface area contributed by atoms with E-state index in [2.05, 4.69) is 34.0 Å². The van der Waals surface area contributed by atoms with Crippen molar-refractivity contribution in [1.82, 2.24) is 9.97 Å². The number of anilines is 2. The van der Waals surface area contributed by atoms with Crippen LogP contribution in [-0.2, 0) is 4.74 Å². The molecule has 144 valence electrons. The number of rotatable bonds is 4. The van der Waals surface area contributed by atoms with Crippen LogP contribution in [0, 0.1) is 0 Å². The molecule has 1 unspecified atom stereocenters. The van der Waals surface area contributed by atoms with E-state index in [1.165, 1.54) is 5.56 Å². The fraction of sp³-hybridized carbons (Fsp3) is 0.318. The Morgan fingerprint density at radius 3 is 2.71 bits per heavy atom. The van der Waals surface area contributed by atoms with E-state index in [0.717, 1.165) is 35.4 Å². The van der Waals surface area contributed by atoms with Crippen LogP contribution in [0.15, 0.2) is 54.9 Å². The molecule has 2 aromatic carbocycles. The van der Waals surface area contributed by atoms with Crippen LogP contribution >= 0.6 is 0 Å². The first kappa shape index (κ1) is 18.2. The van der Waals surface area contributed by atoms with Crippen LogP contribution in [0.25, 0.3) is 10.9 Å². The van der Waals surface area contributed by atoms with E-state index in [4.69, 9.17) is 4.74 Å². The van der Waals surface area contributed by atoms with E-state index in [0.29, 0.717) is 12.5 Å². The topological polar surface area (TPSA) is 67.3 Å². The number of amides is 1. The number of fused-ring (bicyclic) bond motifs is 1. The number of hydrogen-bond donors (Lipinski definition) is 1. The number of nitrogens with zero attached hydrogens (tertiary/aromatic N) is 3. The van der Waals surface area contributed by atoms with E-state index < -0.39 is 6.09 Å². The minimum atomic E-state index is -0.420. The number of nitrogens with one attached hydrogen (secondary N) is 1. The third-order valence-electron chi connectivity index (χ3n) is 5.06. The maximum atomic E-state index is 12.3. The van der Waals surface area contributed by atoms with E-state index in [-0.39, 0.29) is 6.10 Å². The largest absolute Gasteiger partial charge is 0.444 e. The molecule has 0 bridgehead atoms. The van der Waals surface area contributed by atoms with Gasteiger partial charge in [-0.05, 0) is 35.7 Å². The Balaban J connectivity index is 1.37. The minimum Gasteiger partial charge on any atom is -0.444 e. The molecule has 0 spiro atoms. The number of carbonyl (C=O) groups excluding carboxylic acids is 1. The molecule has 1 saturated heterocycles. The summed E-state index contributed by atoms with van der Waals surface area (Å²) in [5.74, 6) is 1.35. The third-order valence-corrected chi connectivity index (χ3v) is 5.06. The Hall–Kier alpha value is -3.15. The summed E-state index contributed by atoms with van der Waals surface area (Å²) >= 11 is 0. The molecule has 1 atom stereocenters. The summed E-state index contributed by atoms with van der Waals surface area (Å²) in [7, 11) is 0. The molecular weight excluding hydrogens is 352 g/mol. The summed E-state index contributed by atoms with van der Waals surface area (Å²) in [4.78, 5) is 23.2. The van der Waals surface area contributed by atoms with Crippen molar-refractivity contribution in [2.75, 3.05) is 23.3 Å². The normalized spacial score (nSPS) is 16.5. The highest BCUT2D eigenvalue weighted by Crippen LogP contribution is 2.27. The molecule has 1 N–H and O–H groups in total. The Labute approximate surface area is 164 Å². The molecule has 1 aliphatic rings. The Kier molecular flexibility index (Phi) is 5.10. The zero-order valence-electron chi connectivity index (χ0n) is 16.1. The Morgan fingerprint density at radius 1 is 1.14 bits per heavy atom. The highest BCUT2D eigenvalue weighted by molar-refractivity contribution is 5.89. The minimum absolute atomic E-state index is 0.163. The molecule has 0 radical (unpaired) electrons. The first-order chi connectivity index (χ1) is 13.6. The molecule has 6 heteroatoms. The summed E-state index contributed by atoms with van der Waals surface area (Å²) in [6, 6.07) is 15.8. The second-order valence-corrected chi connectivity index (χ2v) is 7.38. The molecule has 2 heterocycles. The summed E-state index contributed by atoms with van der Waals surface area (Å²) in [5, 5.41) is 3.83. The Morgan fingerprint density at radius 2 is 1.93 bits per heavy atom. The van der Waals surface area contributed by atoms with Gasteiger partial charge in [-0.15, -0.1) is 0 Å². The van der Waals surface area contributed by atoms with Gasteiger partial charge in [0.05, 0.1) is 12.1 Å². The van der Waals surface area contributed by atoms with Crippen molar-refractivity contribution in [2.45, 2.75) is 32.3 Å². The van der Waals surface area contributed by atoms with Gasteiger partial charge in [-0.2, -0.15) is 0 Å². The van der Waals surface area contributed by atoms with Gasteiger partial charge >= 0.3 is 6.09 Å². The lowest BCUT2D eigenvalue weighted by molar-refractivity contribution is 0.122. The van der Waals surface area contributed by atoms with Gasteiger partial charge in [0, 0.05) is 24.0 Å². The van der Waals surface area contributed by atoms with E-state index in [1.54, 1.807) is 6.33 Å². The number of para-hydroxylation sites is 1. The molecule has 6 nitrogen and oxygen atoms in total. The van der Waals surface area contributed by atoms with Crippen LogP contribution in [0.5, 0.6) is 0 Å². The number of hydrogen-bond acceptors (Lipinski definition) is 5. The summed E-state index contributed by atoms with van der Waals surface area (Å²) < 4.78 is 5.62. The predicted molar refractivity (Wildman–Crippen MR) is 111 cm³/mol. The van der Waals surface area contributed by atoms with Crippen molar-refractivity contribution in [2.24, 2.45) is 0 Å². The summed E-state index contributed by atoms with van der Waals surface area (Å²) in [6.07, 6.45) is 1.78. The zero-order valence-corrected chi connectivity index (χ0v) is 16.1. The molecule has 28 heavy (non-hydrogen) atoms. The van der Waals surface area contributed by atoms with Gasteiger partial charge in [0.15, 0.2) is 0 Å². The first-order valence-electron chi connectivity index (χ1n) is 9.62. The highest BCUT2D eigenvalue weighted by Gasteiger charge is 2.27. The summed E-state index contributed by atoms with van der Waals surface area (Å²) in [6.45, 7) is 5.70. The van der Waals surface area contributed by atoms with E-state index in [1.807, 2.05) is 48.5 Å². The monoisotopic (exact) mass is 376 g/mol. The van der Waals surface area contributed by atoms with Crippen molar-refractivity contribution in [1.29, 1.82) is 0 Å². The highest BCUT2D eigenvalue weighted by atomic mass is 16.6. The number of ether oxygens (including phenoxy) is 1. The molecule has 4 rings (SSSR count). The van der Waals surface area contributed by atoms with Crippen molar-refractivity contribution < 1.29 is 9.53 Å². The predicted octanol–water partition coefficient (Wildman–Crippen LogP) is 4.58. The lowest BCUT2D eigenvalue weighted by Crippen LogP contribution is -2.27. The molecule has 0 saturated carbocycles. The average molecular weight is 376 g/mol. The molecule has 1 aliphatic heterocycles. The standard InChI is InChI=1S/C22H24N4O2/c1-15(2)16-7-9-17(10-8-16)25-22(27)28-18-11-12-26(13-18)21-19-5-3-4-6-20(19)23-14-24-21/h3-10,14-15,18H,11-13H2,1-2H3,(H,25,27). The lowest BCUT2D eigenvalue weighted by atomic mass is 10.0. The average Bonchev–Trinajstić information content (AvgIpc) is 3.16. The smallest absolute Gasteiger partial charge is 0.411 e. The van der Waals surface area contributed by atoms with Crippen molar-refractivity contribution in [3.63, 3.8) is 0 Å². The zero-order chi connectivity index (χ0) is 19.5. The number of benzene rings is 2. The van der Waals surface area contributed by atoms with Crippen LogP contribution < -0.4 is 10.2 Å². The van der Waals surface area contributed by atoms with Gasteiger partial charge in [0.2, 0.25) is 0 Å². The summed E-state index contributed by atoms with van der Waals surface area (Å²) in [5.41, 5.74) is 2.90. The molecule has 0 aliphatic carbocycles. The van der Waals surface area contributed by atoms with Crippen molar-refractivity contribution in [3.8, 4) is 0 Å². The van der Waals surface area contributed by atoms with Crippen LogP contribution in [0.3, 0.4) is 0 Å². The lowest BCUT2D eigenvalue weighted by Gasteiger charge is -2.19. The van der Waals surface area contributed by atoms with Gasteiger partial charge < -0.3 is 9.64 Å². The molecule has 1 fully saturated rings. The number of aromatic nitrogens is 2. The van der Waals surface area contributed by atoms with Gasteiger partial charge in [0.1, 0.15) is 18.2 Å². The SMILES string of the molecule is CC(C)c1ccc(NC(=O)OC2CCN(c3ncnc4ccccc34)C2)cc1. The van der Waals surface area contributed by atoms with Gasteiger partial charge in [-0.25, -0.2) is 14.8 Å². The second kappa shape index (κ2) is 7.84. The fourth-order valence-electron chi connectivity index (χ4n) is 3.51. The van der Waals surface area contributed by atoms with Crippen LogP contribution in [0.2, 0.25) is 0 Å². The molecule has 3 aromatic rings. The van der Waals surface area contributed by atoms with Crippen molar-refractivity contribution in [3.05, 3.63) is 60.4 Å². The maximum Gasteiger partial charge on any atom is 0.411 e. The number of carbonyl (C=O) groups is 1. The van der Waals surface area contributed by atoms with Gasteiger partial charge in [-0.3, -0.25) is 5.32 Å². The van der Waals surface area contributed by atoms with Crippen LogP contribution in [-0.4, -0.2) is 35.3 Å². The first-order valence-corrected chi connectivity index (χ1v) is 9.62. The fourth-order valence-corrected chi connectivity index (χ4v) is 3.51.